The Hall–Kier alpha value is -2.44. The molecule has 138 valence electrons. The minimum Gasteiger partial charge on any atom is -0.338 e. The first-order chi connectivity index (χ1) is 12.7. The van der Waals surface area contributed by atoms with Gasteiger partial charge in [-0.05, 0) is 43.7 Å². The van der Waals surface area contributed by atoms with E-state index in [0.29, 0.717) is 21.9 Å². The normalized spacial score (nSPS) is 12.0. The van der Waals surface area contributed by atoms with Gasteiger partial charge < -0.3 is 15.1 Å². The molecule has 2 aromatic carbocycles. The topological polar surface area (TPSA) is 99.8 Å². The number of aryl methyl sites for hydroxylation is 2. The van der Waals surface area contributed by atoms with Crippen LogP contribution in [0, 0.1) is 13.8 Å². The number of fused-ring (bicyclic) bond motifs is 3. The Kier molecular flexibility index (Phi) is 4.20. The van der Waals surface area contributed by atoms with Crippen LogP contribution in [0.5, 0.6) is 0 Å². The summed E-state index contributed by atoms with van der Waals surface area (Å²) >= 11 is 6.09. The van der Waals surface area contributed by atoms with Crippen LogP contribution < -0.4 is 10.8 Å². The van der Waals surface area contributed by atoms with Crippen molar-refractivity contribution in [3.63, 3.8) is 0 Å². The van der Waals surface area contributed by atoms with Crippen molar-refractivity contribution >= 4 is 52.7 Å². The molecule has 0 aliphatic rings. The fourth-order valence-electron chi connectivity index (χ4n) is 3.09. The average molecular weight is 403 g/mol. The van der Waals surface area contributed by atoms with Gasteiger partial charge in [-0.1, -0.05) is 29.3 Å². The lowest BCUT2D eigenvalue weighted by atomic mass is 10.1. The van der Waals surface area contributed by atoms with Crippen LogP contribution in [0.1, 0.15) is 11.1 Å². The summed E-state index contributed by atoms with van der Waals surface area (Å²) in [4.78, 5) is 28.0. The van der Waals surface area contributed by atoms with Crippen LogP contribution in [0.15, 0.2) is 42.7 Å². The highest BCUT2D eigenvalue weighted by atomic mass is 35.5. The summed E-state index contributed by atoms with van der Waals surface area (Å²) in [6.45, 7) is 3.94. The molecule has 0 unspecified atom stereocenters. The number of anilines is 2. The molecule has 7 nitrogen and oxygen atoms in total. The lowest BCUT2D eigenvalue weighted by Gasteiger charge is -2.14. The highest BCUT2D eigenvalue weighted by Gasteiger charge is 2.27. The van der Waals surface area contributed by atoms with Crippen molar-refractivity contribution in [1.29, 1.82) is 0 Å². The Bertz CT molecular complexity index is 1250. The van der Waals surface area contributed by atoms with Crippen LogP contribution in [-0.2, 0) is 4.57 Å². The molecular formula is C18H16ClN4O3P. The van der Waals surface area contributed by atoms with Gasteiger partial charge in [-0.25, -0.2) is 9.97 Å². The van der Waals surface area contributed by atoms with Crippen LogP contribution in [0.25, 0.3) is 16.6 Å². The molecule has 9 heteroatoms. The zero-order chi connectivity index (χ0) is 19.3. The van der Waals surface area contributed by atoms with E-state index in [1.165, 1.54) is 6.33 Å². The molecule has 2 aromatic heterocycles. The number of nitrogens with zero attached hydrogens (tertiary/aromatic N) is 3. The molecule has 4 aromatic rings. The van der Waals surface area contributed by atoms with Gasteiger partial charge in [0.1, 0.15) is 11.8 Å². The molecule has 0 aliphatic carbocycles. The Morgan fingerprint density at radius 1 is 1.15 bits per heavy atom. The first-order valence-electron chi connectivity index (χ1n) is 8.11. The third kappa shape index (κ3) is 3.19. The Labute approximate surface area is 159 Å². The third-order valence-electron chi connectivity index (χ3n) is 4.31. The smallest absolute Gasteiger partial charge is 0.338 e. The van der Waals surface area contributed by atoms with Crippen molar-refractivity contribution in [3.8, 4) is 0 Å². The fourth-order valence-corrected chi connectivity index (χ4v) is 3.94. The van der Waals surface area contributed by atoms with Gasteiger partial charge in [-0.3, -0.25) is 8.97 Å². The molecule has 27 heavy (non-hydrogen) atoms. The molecule has 0 atom stereocenters. The van der Waals surface area contributed by atoms with Crippen LogP contribution in [0.3, 0.4) is 0 Å². The lowest BCUT2D eigenvalue weighted by Crippen LogP contribution is -2.10. The van der Waals surface area contributed by atoms with Crippen molar-refractivity contribution in [1.82, 2.24) is 14.4 Å². The highest BCUT2D eigenvalue weighted by molar-refractivity contribution is 7.60. The molecule has 0 saturated heterocycles. The Morgan fingerprint density at radius 2 is 1.93 bits per heavy atom. The zero-order valence-corrected chi connectivity index (χ0v) is 16.2. The van der Waals surface area contributed by atoms with Crippen molar-refractivity contribution in [3.05, 3.63) is 58.9 Å². The summed E-state index contributed by atoms with van der Waals surface area (Å²) in [7, 11) is -4.59. The van der Waals surface area contributed by atoms with E-state index in [9.17, 15) is 14.4 Å². The second kappa shape index (κ2) is 6.32. The van der Waals surface area contributed by atoms with Crippen LogP contribution in [0.2, 0.25) is 5.02 Å². The van der Waals surface area contributed by atoms with Gasteiger partial charge >= 0.3 is 7.60 Å². The second-order valence-corrected chi connectivity index (χ2v) is 8.32. The quantitative estimate of drug-likeness (QED) is 0.452. The molecule has 0 spiro atoms. The summed E-state index contributed by atoms with van der Waals surface area (Å²) in [5.41, 5.74) is 4.02. The van der Waals surface area contributed by atoms with Gasteiger partial charge in [0.2, 0.25) is 0 Å². The monoisotopic (exact) mass is 402 g/mol. The number of benzene rings is 2. The number of aromatic nitrogens is 3. The van der Waals surface area contributed by atoms with Crippen molar-refractivity contribution in [2.75, 3.05) is 5.32 Å². The summed E-state index contributed by atoms with van der Waals surface area (Å²) in [5.74, 6) is 0.299. The van der Waals surface area contributed by atoms with Crippen molar-refractivity contribution in [2.45, 2.75) is 13.8 Å². The standard InChI is InChI=1S/C18H16ClN4O3P/c1-10-3-5-13(11(2)7-10)21-17-16-18(27(24,25)26)20-9-23(16)15-6-4-12(19)8-14(15)22-17/h3-9H,1-2H3,(H,21,22)(H2,24,25,26). The third-order valence-corrected chi connectivity index (χ3v) is 5.43. The molecule has 0 fully saturated rings. The number of hydrogen-bond donors (Lipinski definition) is 3. The van der Waals surface area contributed by atoms with E-state index in [4.69, 9.17) is 11.6 Å². The van der Waals surface area contributed by atoms with Gasteiger partial charge in [0.15, 0.2) is 11.3 Å². The number of nitrogens with one attached hydrogen (secondary N) is 1. The van der Waals surface area contributed by atoms with Gasteiger partial charge in [0, 0.05) is 10.7 Å². The van der Waals surface area contributed by atoms with Crippen LogP contribution in [0.4, 0.5) is 11.5 Å². The first-order valence-corrected chi connectivity index (χ1v) is 10.1. The minimum absolute atomic E-state index is 0.234. The highest BCUT2D eigenvalue weighted by Crippen LogP contribution is 2.37. The summed E-state index contributed by atoms with van der Waals surface area (Å²) in [6.07, 6.45) is 1.38. The molecule has 0 aliphatic heterocycles. The molecular weight excluding hydrogens is 387 g/mol. The average Bonchev–Trinajstić information content (AvgIpc) is 3.03. The number of rotatable bonds is 3. The number of imidazole rings is 1. The minimum atomic E-state index is -4.59. The maximum Gasteiger partial charge on any atom is 0.376 e. The predicted molar refractivity (Wildman–Crippen MR) is 106 cm³/mol. The number of hydrogen-bond acceptors (Lipinski definition) is 4. The van der Waals surface area contributed by atoms with E-state index in [0.717, 1.165) is 16.8 Å². The first kappa shape index (κ1) is 17.9. The molecule has 4 rings (SSSR count). The molecule has 2 heterocycles. The van der Waals surface area contributed by atoms with Crippen molar-refractivity contribution in [2.24, 2.45) is 0 Å². The SMILES string of the molecule is Cc1ccc(Nc2nc3cc(Cl)ccc3n3cnc(P(=O)(O)O)c23)c(C)c1. The van der Waals surface area contributed by atoms with E-state index in [2.05, 4.69) is 15.3 Å². The Balaban J connectivity index is 2.03. The van der Waals surface area contributed by atoms with E-state index in [1.807, 2.05) is 32.0 Å². The summed E-state index contributed by atoms with van der Waals surface area (Å²) < 4.78 is 13.6. The maximum atomic E-state index is 12.0. The van der Waals surface area contributed by atoms with Gasteiger partial charge in [-0.15, -0.1) is 0 Å². The van der Waals surface area contributed by atoms with Crippen LogP contribution in [-0.4, -0.2) is 24.2 Å². The summed E-state index contributed by atoms with van der Waals surface area (Å²) in [5, 5.41) is 3.71. The fraction of sp³-hybridized carbons (Fsp3) is 0.111. The summed E-state index contributed by atoms with van der Waals surface area (Å²) in [6, 6.07) is 11.0. The molecule has 0 bridgehead atoms. The molecule has 3 N–H and O–H groups in total. The van der Waals surface area contributed by atoms with E-state index >= 15 is 0 Å². The largest absolute Gasteiger partial charge is 0.376 e. The van der Waals surface area contributed by atoms with Crippen molar-refractivity contribution < 1.29 is 14.4 Å². The zero-order valence-electron chi connectivity index (χ0n) is 14.5. The molecule has 0 saturated carbocycles. The molecule has 0 radical (unpaired) electrons. The maximum absolute atomic E-state index is 12.0. The molecule has 0 amide bonds. The lowest BCUT2D eigenvalue weighted by molar-refractivity contribution is 0.386. The van der Waals surface area contributed by atoms with Gasteiger partial charge in [0.05, 0.1) is 11.0 Å². The number of halogens is 1. The van der Waals surface area contributed by atoms with Gasteiger partial charge in [0.25, 0.3) is 0 Å². The van der Waals surface area contributed by atoms with E-state index < -0.39 is 7.60 Å². The van der Waals surface area contributed by atoms with Gasteiger partial charge in [-0.2, -0.15) is 0 Å². The Morgan fingerprint density at radius 3 is 2.63 bits per heavy atom. The predicted octanol–water partition coefficient (Wildman–Crippen LogP) is 3.70. The van der Waals surface area contributed by atoms with Crippen LogP contribution >= 0.6 is 19.2 Å². The van der Waals surface area contributed by atoms with E-state index in [1.54, 1.807) is 22.6 Å². The second-order valence-electron chi connectivity index (χ2n) is 6.37. The van der Waals surface area contributed by atoms with E-state index in [-0.39, 0.29) is 11.0 Å².